The Hall–Kier alpha value is -0.610. The maximum absolute atomic E-state index is 12.7. The fraction of sp³-hybridized carbons (Fsp3) is 0.929. The molecule has 106 valence electrons. The minimum absolute atomic E-state index is 0.278. The van der Waals surface area contributed by atoms with Crippen molar-refractivity contribution in [3.63, 3.8) is 0 Å². The molecule has 0 spiro atoms. The van der Waals surface area contributed by atoms with Gasteiger partial charge in [-0.2, -0.15) is 0 Å². The number of unbranched alkanes of at least 4 members (excludes halogenated alkanes) is 1. The molecule has 0 bridgehead atoms. The van der Waals surface area contributed by atoms with Crippen LogP contribution in [-0.4, -0.2) is 60.5 Å². The molecule has 4 nitrogen and oxygen atoms in total. The standard InChI is InChI=1S/C14H29N3O/c1-5-7-10-16(6-2)13(18)14(3,4)17-11-8-15-9-12-17/h15H,5-12H2,1-4H3. The van der Waals surface area contributed by atoms with Crippen molar-refractivity contribution >= 4 is 5.91 Å². The summed E-state index contributed by atoms with van der Waals surface area (Å²) in [6.45, 7) is 14.0. The van der Waals surface area contributed by atoms with Gasteiger partial charge < -0.3 is 10.2 Å². The lowest BCUT2D eigenvalue weighted by Gasteiger charge is -2.42. The first-order valence-electron chi connectivity index (χ1n) is 7.29. The summed E-state index contributed by atoms with van der Waals surface area (Å²) in [6.07, 6.45) is 2.23. The zero-order chi connectivity index (χ0) is 13.6. The third-order valence-corrected chi connectivity index (χ3v) is 3.88. The molecule has 0 aromatic rings. The Bertz CT molecular complexity index is 260. The van der Waals surface area contributed by atoms with Crippen molar-refractivity contribution in [1.82, 2.24) is 15.1 Å². The predicted octanol–water partition coefficient (Wildman–Crippen LogP) is 1.32. The topological polar surface area (TPSA) is 35.6 Å². The van der Waals surface area contributed by atoms with Crippen LogP contribution in [0.1, 0.15) is 40.5 Å². The quantitative estimate of drug-likeness (QED) is 0.777. The van der Waals surface area contributed by atoms with E-state index in [4.69, 9.17) is 0 Å². The van der Waals surface area contributed by atoms with Gasteiger partial charge in [-0.15, -0.1) is 0 Å². The number of nitrogens with one attached hydrogen (secondary N) is 1. The zero-order valence-electron chi connectivity index (χ0n) is 12.5. The van der Waals surface area contributed by atoms with E-state index in [-0.39, 0.29) is 11.4 Å². The first-order chi connectivity index (χ1) is 8.54. The molecule has 1 aliphatic heterocycles. The van der Waals surface area contributed by atoms with Gasteiger partial charge in [0.05, 0.1) is 5.54 Å². The number of nitrogens with zero attached hydrogens (tertiary/aromatic N) is 2. The van der Waals surface area contributed by atoms with Gasteiger partial charge in [0.1, 0.15) is 0 Å². The van der Waals surface area contributed by atoms with Gasteiger partial charge in [0.25, 0.3) is 0 Å². The van der Waals surface area contributed by atoms with Crippen molar-refractivity contribution in [3.05, 3.63) is 0 Å². The van der Waals surface area contributed by atoms with Crippen LogP contribution in [0, 0.1) is 0 Å². The molecule has 0 radical (unpaired) electrons. The molecule has 0 unspecified atom stereocenters. The summed E-state index contributed by atoms with van der Waals surface area (Å²) < 4.78 is 0. The van der Waals surface area contributed by atoms with Gasteiger partial charge in [-0.05, 0) is 27.2 Å². The summed E-state index contributed by atoms with van der Waals surface area (Å²) in [7, 11) is 0. The molecule has 0 saturated carbocycles. The summed E-state index contributed by atoms with van der Waals surface area (Å²) in [6, 6.07) is 0. The maximum atomic E-state index is 12.7. The SMILES string of the molecule is CCCCN(CC)C(=O)C(C)(C)N1CCNCC1. The fourth-order valence-corrected chi connectivity index (χ4v) is 2.50. The Morgan fingerprint density at radius 3 is 2.39 bits per heavy atom. The summed E-state index contributed by atoms with van der Waals surface area (Å²) in [4.78, 5) is 17.0. The third-order valence-electron chi connectivity index (χ3n) is 3.88. The van der Waals surface area contributed by atoms with Crippen LogP contribution in [0.25, 0.3) is 0 Å². The summed E-state index contributed by atoms with van der Waals surface area (Å²) >= 11 is 0. The summed E-state index contributed by atoms with van der Waals surface area (Å²) in [5, 5.41) is 3.34. The minimum atomic E-state index is -0.369. The number of hydrogen-bond acceptors (Lipinski definition) is 3. The second kappa shape index (κ2) is 7.10. The molecule has 1 rings (SSSR count). The number of rotatable bonds is 6. The van der Waals surface area contributed by atoms with E-state index in [2.05, 4.69) is 37.9 Å². The molecule has 1 aliphatic rings. The molecule has 0 aromatic heterocycles. The molecule has 1 saturated heterocycles. The van der Waals surface area contributed by atoms with Gasteiger partial charge in [-0.25, -0.2) is 0 Å². The first kappa shape index (κ1) is 15.4. The van der Waals surface area contributed by atoms with Crippen molar-refractivity contribution in [2.45, 2.75) is 46.1 Å². The van der Waals surface area contributed by atoms with Crippen LogP contribution in [-0.2, 0) is 4.79 Å². The highest BCUT2D eigenvalue weighted by molar-refractivity contribution is 5.85. The monoisotopic (exact) mass is 255 g/mol. The second-order valence-electron chi connectivity index (χ2n) is 5.53. The maximum Gasteiger partial charge on any atom is 0.242 e. The average molecular weight is 255 g/mol. The molecule has 18 heavy (non-hydrogen) atoms. The molecule has 0 atom stereocenters. The number of piperazine rings is 1. The summed E-state index contributed by atoms with van der Waals surface area (Å²) in [5.41, 5.74) is -0.369. The van der Waals surface area contributed by atoms with E-state index in [1.807, 2.05) is 4.90 Å². The van der Waals surface area contributed by atoms with E-state index in [0.29, 0.717) is 0 Å². The van der Waals surface area contributed by atoms with Crippen molar-refractivity contribution < 1.29 is 4.79 Å². The highest BCUT2D eigenvalue weighted by atomic mass is 16.2. The molecule has 1 N–H and O–H groups in total. The molecule has 0 aromatic carbocycles. The number of hydrogen-bond donors (Lipinski definition) is 1. The number of carbonyl (C=O) groups is 1. The van der Waals surface area contributed by atoms with Gasteiger partial charge in [0.2, 0.25) is 5.91 Å². The van der Waals surface area contributed by atoms with Crippen molar-refractivity contribution in [3.8, 4) is 0 Å². The number of amides is 1. The lowest BCUT2D eigenvalue weighted by molar-refractivity contribution is -0.143. The van der Waals surface area contributed by atoms with Crippen LogP contribution in [0.5, 0.6) is 0 Å². The van der Waals surface area contributed by atoms with Crippen molar-refractivity contribution in [2.24, 2.45) is 0 Å². The van der Waals surface area contributed by atoms with Gasteiger partial charge >= 0.3 is 0 Å². The molecular weight excluding hydrogens is 226 g/mol. The van der Waals surface area contributed by atoms with Gasteiger partial charge in [0.15, 0.2) is 0 Å². The number of likely N-dealkylation sites (N-methyl/N-ethyl adjacent to an activating group) is 1. The van der Waals surface area contributed by atoms with Crippen LogP contribution >= 0.6 is 0 Å². The van der Waals surface area contributed by atoms with Crippen molar-refractivity contribution in [1.29, 1.82) is 0 Å². The van der Waals surface area contributed by atoms with E-state index >= 15 is 0 Å². The molecule has 0 aliphatic carbocycles. The van der Waals surface area contributed by atoms with Gasteiger partial charge in [-0.3, -0.25) is 9.69 Å². The van der Waals surface area contributed by atoms with Crippen LogP contribution in [0.2, 0.25) is 0 Å². The lowest BCUT2D eigenvalue weighted by Crippen LogP contribution is -2.60. The third kappa shape index (κ3) is 3.69. The van der Waals surface area contributed by atoms with Gasteiger partial charge in [-0.1, -0.05) is 13.3 Å². The second-order valence-corrected chi connectivity index (χ2v) is 5.53. The Balaban J connectivity index is 2.65. The minimum Gasteiger partial charge on any atom is -0.341 e. The Kier molecular flexibility index (Phi) is 6.09. The largest absolute Gasteiger partial charge is 0.341 e. The molecule has 4 heteroatoms. The highest BCUT2D eigenvalue weighted by Crippen LogP contribution is 2.18. The fourth-order valence-electron chi connectivity index (χ4n) is 2.50. The van der Waals surface area contributed by atoms with Crippen LogP contribution in [0.15, 0.2) is 0 Å². The Labute approximate surface area is 112 Å². The molecule has 1 amide bonds. The van der Waals surface area contributed by atoms with Crippen molar-refractivity contribution in [2.75, 3.05) is 39.3 Å². The number of carbonyl (C=O) groups excluding carboxylic acids is 1. The molecule has 1 fully saturated rings. The average Bonchev–Trinajstić information content (AvgIpc) is 2.40. The summed E-state index contributed by atoms with van der Waals surface area (Å²) in [5.74, 6) is 0.278. The zero-order valence-corrected chi connectivity index (χ0v) is 12.5. The smallest absolute Gasteiger partial charge is 0.242 e. The van der Waals surface area contributed by atoms with E-state index in [0.717, 1.165) is 52.1 Å². The molecular formula is C14H29N3O. The van der Waals surface area contributed by atoms with Gasteiger partial charge in [0, 0.05) is 39.3 Å². The Morgan fingerprint density at radius 1 is 1.28 bits per heavy atom. The molecule has 1 heterocycles. The normalized spacial score (nSPS) is 17.8. The van der Waals surface area contributed by atoms with E-state index < -0.39 is 0 Å². The van der Waals surface area contributed by atoms with Crippen LogP contribution in [0.3, 0.4) is 0 Å². The van der Waals surface area contributed by atoms with E-state index in [1.165, 1.54) is 0 Å². The van der Waals surface area contributed by atoms with E-state index in [9.17, 15) is 4.79 Å². The first-order valence-corrected chi connectivity index (χ1v) is 7.29. The predicted molar refractivity (Wildman–Crippen MR) is 75.7 cm³/mol. The Morgan fingerprint density at radius 2 is 1.89 bits per heavy atom. The highest BCUT2D eigenvalue weighted by Gasteiger charge is 2.37. The van der Waals surface area contributed by atoms with Crippen LogP contribution in [0.4, 0.5) is 0 Å². The van der Waals surface area contributed by atoms with Crippen LogP contribution < -0.4 is 5.32 Å². The lowest BCUT2D eigenvalue weighted by atomic mass is 9.99. The van der Waals surface area contributed by atoms with E-state index in [1.54, 1.807) is 0 Å².